The molecule has 0 unspecified atom stereocenters. The third kappa shape index (κ3) is 3.69. The van der Waals surface area contributed by atoms with Crippen molar-refractivity contribution in [3.05, 3.63) is 82.5 Å². The first-order chi connectivity index (χ1) is 14.1. The number of rotatable bonds is 5. The van der Waals surface area contributed by atoms with Gasteiger partial charge in [-0.15, -0.1) is 11.3 Å². The molecule has 0 fully saturated rings. The molecule has 146 valence electrons. The third-order valence-electron chi connectivity index (χ3n) is 4.69. The molecule has 4 aromatic rings. The number of benzene rings is 2. The molecule has 2 heterocycles. The zero-order valence-electron chi connectivity index (χ0n) is 15.7. The maximum absolute atomic E-state index is 13.2. The highest BCUT2D eigenvalue weighted by molar-refractivity contribution is 7.17. The lowest BCUT2D eigenvalue weighted by molar-refractivity contribution is -0.119. The van der Waals surface area contributed by atoms with E-state index in [1.54, 1.807) is 17.0 Å². The number of fused-ring (bicyclic) bond motifs is 1. The number of thiophene rings is 1. The van der Waals surface area contributed by atoms with E-state index in [1.807, 2.05) is 42.6 Å². The fourth-order valence-corrected chi connectivity index (χ4v) is 4.21. The molecule has 0 aliphatic carbocycles. The second-order valence-electron chi connectivity index (χ2n) is 6.49. The summed E-state index contributed by atoms with van der Waals surface area (Å²) in [5, 5.41) is 1.83. The predicted octanol–water partition coefficient (Wildman–Crippen LogP) is 4.32. The molecule has 0 N–H and O–H groups in total. The third-order valence-corrected chi connectivity index (χ3v) is 5.65. The molecule has 4 rings (SSSR count). The standard InChI is InChI=1S/C22H18FN3O2S/c1-2-26(17-6-4-3-5-7-17)19(27)12-25-14-24-20-18(13-29-21(20)22(25)28)15-8-10-16(23)11-9-15/h3-11,13-14H,2,12H2,1H3. The summed E-state index contributed by atoms with van der Waals surface area (Å²) in [4.78, 5) is 31.8. The van der Waals surface area contributed by atoms with E-state index >= 15 is 0 Å². The van der Waals surface area contributed by atoms with E-state index in [1.165, 1.54) is 34.4 Å². The Morgan fingerprint density at radius 2 is 1.86 bits per heavy atom. The Labute approximate surface area is 170 Å². The minimum Gasteiger partial charge on any atom is -0.311 e. The fraction of sp³-hybridized carbons (Fsp3) is 0.136. The SMILES string of the molecule is CCN(C(=O)Cn1cnc2c(-c3ccc(F)cc3)csc2c1=O)c1ccccc1. The first-order valence-corrected chi connectivity index (χ1v) is 10.0. The highest BCUT2D eigenvalue weighted by atomic mass is 32.1. The molecule has 0 aliphatic heterocycles. The van der Waals surface area contributed by atoms with Gasteiger partial charge in [-0.25, -0.2) is 9.37 Å². The highest BCUT2D eigenvalue weighted by Crippen LogP contribution is 2.30. The summed E-state index contributed by atoms with van der Waals surface area (Å²) in [5.41, 5.74) is 2.66. The number of anilines is 1. The smallest absolute Gasteiger partial charge is 0.271 e. The van der Waals surface area contributed by atoms with E-state index in [4.69, 9.17) is 0 Å². The van der Waals surface area contributed by atoms with Crippen molar-refractivity contribution in [1.29, 1.82) is 0 Å². The van der Waals surface area contributed by atoms with Gasteiger partial charge in [-0.3, -0.25) is 14.2 Å². The van der Waals surface area contributed by atoms with E-state index in [0.717, 1.165) is 16.8 Å². The Hall–Kier alpha value is -3.32. The molecule has 0 radical (unpaired) electrons. The molecule has 5 nitrogen and oxygen atoms in total. The van der Waals surface area contributed by atoms with Crippen LogP contribution in [0.5, 0.6) is 0 Å². The summed E-state index contributed by atoms with van der Waals surface area (Å²) in [6.45, 7) is 2.30. The Morgan fingerprint density at radius 1 is 1.14 bits per heavy atom. The number of carbonyl (C=O) groups is 1. The van der Waals surface area contributed by atoms with Crippen LogP contribution in [0.1, 0.15) is 6.92 Å². The van der Waals surface area contributed by atoms with E-state index in [0.29, 0.717) is 16.8 Å². The van der Waals surface area contributed by atoms with Gasteiger partial charge >= 0.3 is 0 Å². The van der Waals surface area contributed by atoms with Gasteiger partial charge in [0.1, 0.15) is 17.1 Å². The predicted molar refractivity (Wildman–Crippen MR) is 114 cm³/mol. The molecule has 0 bridgehead atoms. The summed E-state index contributed by atoms with van der Waals surface area (Å²) in [6.07, 6.45) is 1.40. The molecule has 7 heteroatoms. The van der Waals surface area contributed by atoms with E-state index < -0.39 is 0 Å². The largest absolute Gasteiger partial charge is 0.311 e. The minimum atomic E-state index is -0.319. The van der Waals surface area contributed by atoms with E-state index in [2.05, 4.69) is 4.98 Å². The lowest BCUT2D eigenvalue weighted by atomic mass is 10.1. The Morgan fingerprint density at radius 3 is 2.55 bits per heavy atom. The summed E-state index contributed by atoms with van der Waals surface area (Å²) < 4.78 is 15.0. The zero-order valence-corrected chi connectivity index (χ0v) is 16.5. The normalized spacial score (nSPS) is 11.0. The molecule has 0 atom stereocenters. The van der Waals surface area contributed by atoms with Gasteiger partial charge in [0, 0.05) is 23.2 Å². The van der Waals surface area contributed by atoms with Gasteiger partial charge in [-0.1, -0.05) is 30.3 Å². The van der Waals surface area contributed by atoms with Crippen molar-refractivity contribution in [2.24, 2.45) is 0 Å². The highest BCUT2D eigenvalue weighted by Gasteiger charge is 2.17. The van der Waals surface area contributed by atoms with Crippen LogP contribution in [0.3, 0.4) is 0 Å². The van der Waals surface area contributed by atoms with Gasteiger partial charge in [0.05, 0.1) is 11.8 Å². The molecule has 2 aromatic carbocycles. The van der Waals surface area contributed by atoms with Gasteiger partial charge in [0.15, 0.2) is 0 Å². The summed E-state index contributed by atoms with van der Waals surface area (Å²) >= 11 is 1.28. The van der Waals surface area contributed by atoms with E-state index in [9.17, 15) is 14.0 Å². The van der Waals surface area contributed by atoms with Crippen molar-refractivity contribution in [3.63, 3.8) is 0 Å². The topological polar surface area (TPSA) is 55.2 Å². The van der Waals surface area contributed by atoms with Crippen molar-refractivity contribution in [1.82, 2.24) is 9.55 Å². The van der Waals surface area contributed by atoms with Crippen LogP contribution in [0, 0.1) is 5.82 Å². The summed E-state index contributed by atoms with van der Waals surface area (Å²) in [5.74, 6) is -0.502. The second-order valence-corrected chi connectivity index (χ2v) is 7.36. The van der Waals surface area contributed by atoms with Crippen LogP contribution in [0.2, 0.25) is 0 Å². The van der Waals surface area contributed by atoms with Crippen LogP contribution in [-0.4, -0.2) is 22.0 Å². The van der Waals surface area contributed by atoms with Gasteiger partial charge in [0.25, 0.3) is 5.56 Å². The quantitative estimate of drug-likeness (QED) is 0.495. The zero-order chi connectivity index (χ0) is 20.4. The molecular formula is C22H18FN3O2S. The van der Waals surface area contributed by atoms with Crippen LogP contribution >= 0.6 is 11.3 Å². The molecule has 0 saturated carbocycles. The second kappa shape index (κ2) is 7.97. The van der Waals surface area contributed by atoms with Crippen molar-refractivity contribution < 1.29 is 9.18 Å². The maximum atomic E-state index is 13.2. The molecule has 1 amide bonds. The fourth-order valence-electron chi connectivity index (χ4n) is 3.23. The number of nitrogens with zero attached hydrogens (tertiary/aromatic N) is 3. The van der Waals surface area contributed by atoms with Crippen molar-refractivity contribution in [3.8, 4) is 11.1 Å². The number of amides is 1. The first-order valence-electron chi connectivity index (χ1n) is 9.16. The lowest BCUT2D eigenvalue weighted by Crippen LogP contribution is -2.36. The monoisotopic (exact) mass is 407 g/mol. The van der Waals surface area contributed by atoms with Crippen molar-refractivity contribution >= 4 is 33.1 Å². The number of hydrogen-bond donors (Lipinski definition) is 0. The number of halogens is 1. The average molecular weight is 407 g/mol. The number of hydrogen-bond acceptors (Lipinski definition) is 4. The van der Waals surface area contributed by atoms with Gasteiger partial charge < -0.3 is 4.90 Å². The van der Waals surface area contributed by atoms with Crippen LogP contribution in [0.15, 0.2) is 71.1 Å². The number of carbonyl (C=O) groups excluding carboxylic acids is 1. The van der Waals surface area contributed by atoms with Gasteiger partial charge in [-0.2, -0.15) is 0 Å². The Bertz CT molecular complexity index is 1220. The average Bonchev–Trinajstić information content (AvgIpc) is 3.17. The van der Waals surface area contributed by atoms with Gasteiger partial charge in [-0.05, 0) is 36.8 Å². The summed E-state index contributed by atoms with van der Waals surface area (Å²) in [6, 6.07) is 15.4. The van der Waals surface area contributed by atoms with Crippen LogP contribution in [0.4, 0.5) is 10.1 Å². The minimum absolute atomic E-state index is 0.0890. The van der Waals surface area contributed by atoms with Crippen molar-refractivity contribution in [2.75, 3.05) is 11.4 Å². The van der Waals surface area contributed by atoms with Crippen LogP contribution in [-0.2, 0) is 11.3 Å². The van der Waals surface area contributed by atoms with E-state index in [-0.39, 0.29) is 23.8 Å². The molecular weight excluding hydrogens is 389 g/mol. The van der Waals surface area contributed by atoms with Crippen LogP contribution in [0.25, 0.3) is 21.3 Å². The van der Waals surface area contributed by atoms with Gasteiger partial charge in [0.2, 0.25) is 5.91 Å². The Balaban J connectivity index is 1.65. The Kier molecular flexibility index (Phi) is 5.22. The maximum Gasteiger partial charge on any atom is 0.271 e. The first kappa shape index (κ1) is 19.0. The molecule has 29 heavy (non-hydrogen) atoms. The molecule has 0 spiro atoms. The molecule has 0 saturated heterocycles. The number of aromatic nitrogens is 2. The molecule has 0 aliphatic rings. The summed E-state index contributed by atoms with van der Waals surface area (Å²) in [7, 11) is 0. The lowest BCUT2D eigenvalue weighted by Gasteiger charge is -2.21. The van der Waals surface area contributed by atoms with Crippen LogP contribution < -0.4 is 10.5 Å². The number of likely N-dealkylation sites (N-methyl/N-ethyl adjacent to an activating group) is 1. The number of para-hydroxylation sites is 1. The van der Waals surface area contributed by atoms with Crippen molar-refractivity contribution in [2.45, 2.75) is 13.5 Å². The molecule has 2 aromatic heterocycles.